The second-order valence-electron chi connectivity index (χ2n) is 7.24. The van der Waals surface area contributed by atoms with Crippen molar-refractivity contribution in [2.45, 2.75) is 38.3 Å². The Hall–Kier alpha value is -3.25. The molecule has 0 saturated heterocycles. The topological polar surface area (TPSA) is 214 Å². The fourth-order valence-electron chi connectivity index (χ4n) is 2.62. The molecule has 196 valence electrons. The first kappa shape index (κ1) is 30.8. The number of carbonyl (C=O) groups is 6. The minimum atomic E-state index is -1.57. The van der Waals surface area contributed by atoms with Crippen LogP contribution in [-0.4, -0.2) is 81.4 Å². The van der Waals surface area contributed by atoms with Gasteiger partial charge in [0.15, 0.2) is 0 Å². The van der Waals surface area contributed by atoms with E-state index in [2.05, 4.69) is 21.3 Å². The van der Waals surface area contributed by atoms with E-state index in [1.165, 1.54) is 6.92 Å². The summed E-state index contributed by atoms with van der Waals surface area (Å²) in [5.41, 5.74) is 0.480. The van der Waals surface area contributed by atoms with Crippen LogP contribution in [0.25, 0.3) is 0 Å². The molecule has 0 aromatic heterocycles. The van der Waals surface area contributed by atoms with Crippen molar-refractivity contribution < 1.29 is 42.7 Å². The molecule has 0 radical (unpaired) electrons. The van der Waals surface area contributed by atoms with Gasteiger partial charge in [-0.1, -0.05) is 6.92 Å². The molecule has 0 aliphatic carbocycles. The molecule has 1 aromatic carbocycles. The van der Waals surface area contributed by atoms with Gasteiger partial charge in [-0.2, -0.15) is 0 Å². The van der Waals surface area contributed by atoms with Gasteiger partial charge in [0, 0.05) is 12.8 Å². The van der Waals surface area contributed by atoms with E-state index in [4.69, 9.17) is 0 Å². The van der Waals surface area contributed by atoms with Gasteiger partial charge in [0.25, 0.3) is 0 Å². The van der Waals surface area contributed by atoms with E-state index in [1.807, 2.05) is 0 Å². The van der Waals surface area contributed by atoms with E-state index < -0.39 is 69.9 Å². The zero-order chi connectivity index (χ0) is 27.1. The van der Waals surface area contributed by atoms with Gasteiger partial charge in [-0.15, -0.1) is 0 Å². The third kappa shape index (κ3) is 12.5. The number of amides is 4. The average molecular weight is 584 g/mol. The van der Waals surface area contributed by atoms with Crippen molar-refractivity contribution in [1.82, 2.24) is 16.0 Å². The van der Waals surface area contributed by atoms with Gasteiger partial charge in [-0.3, -0.25) is 9.59 Å². The molecule has 4 N–H and O–H groups in total. The fourth-order valence-corrected chi connectivity index (χ4v) is 4.04. The van der Waals surface area contributed by atoms with Crippen molar-refractivity contribution in [1.29, 1.82) is 0 Å². The van der Waals surface area contributed by atoms with Gasteiger partial charge in [-0.25, -0.2) is 0 Å². The van der Waals surface area contributed by atoms with Crippen LogP contribution in [0.1, 0.15) is 26.2 Å². The van der Waals surface area contributed by atoms with Crippen LogP contribution in [-0.2, 0) is 32.5 Å². The first-order valence-corrected chi connectivity index (χ1v) is 13.5. The summed E-state index contributed by atoms with van der Waals surface area (Å²) in [5, 5.41) is 31.1. The van der Waals surface area contributed by atoms with Crippen molar-refractivity contribution in [3.05, 3.63) is 24.3 Å². The van der Waals surface area contributed by atoms with Gasteiger partial charge in [0.2, 0.25) is 5.91 Å². The number of anilines is 1. The standard InChI is InChI=1S/C21H27AsN4O9S/c1-2-16(27)25-14(21(33)34)7-8-17(28)26-15(20(32)23-9-19(30)31)10-36-11-18(29)24-13-5-3-12(22-35)4-6-13/h3-6,14-15H,2,7-11H2,1H3,(H,23,32)(H,24,29)(H,25,27)(H,26,28)(H,30,31)(H,33,34)/p-2. The molecule has 0 aliphatic heterocycles. The zero-order valence-electron chi connectivity index (χ0n) is 19.2. The number of aliphatic carboxylic acids is 2. The van der Waals surface area contributed by atoms with Crippen molar-refractivity contribution >= 4 is 73.1 Å². The number of hydrogen-bond acceptors (Lipinski definition) is 10. The maximum atomic E-state index is 12.3. The summed E-state index contributed by atoms with van der Waals surface area (Å²) in [7, 11) is 0. The molecule has 15 heteroatoms. The molecule has 1 rings (SSSR count). The molecule has 36 heavy (non-hydrogen) atoms. The van der Waals surface area contributed by atoms with Gasteiger partial charge in [0.05, 0.1) is 24.5 Å². The number of carbonyl (C=O) groups excluding carboxylic acids is 6. The van der Waals surface area contributed by atoms with Crippen LogP contribution >= 0.6 is 11.8 Å². The molecule has 0 fully saturated rings. The van der Waals surface area contributed by atoms with E-state index in [1.54, 1.807) is 24.3 Å². The number of nitrogens with one attached hydrogen (secondary N) is 4. The van der Waals surface area contributed by atoms with E-state index in [0.29, 0.717) is 10.0 Å². The smallest absolute Gasteiger partial charge is 0.548 e. The van der Waals surface area contributed by atoms with Crippen molar-refractivity contribution in [2.24, 2.45) is 0 Å². The molecule has 0 aliphatic rings. The van der Waals surface area contributed by atoms with Crippen LogP contribution in [0.4, 0.5) is 5.69 Å². The molecule has 0 bridgehead atoms. The van der Waals surface area contributed by atoms with E-state index in [-0.39, 0.29) is 30.8 Å². The summed E-state index contributed by atoms with van der Waals surface area (Å²) < 4.78 is 11.6. The summed E-state index contributed by atoms with van der Waals surface area (Å²) in [5.74, 6) is -5.85. The van der Waals surface area contributed by atoms with Gasteiger partial charge < -0.3 is 25.1 Å². The molecule has 2 unspecified atom stereocenters. The Bertz CT molecular complexity index is 975. The molecule has 1 aromatic rings. The van der Waals surface area contributed by atoms with Crippen LogP contribution in [0, 0.1) is 0 Å². The second kappa shape index (κ2) is 16.4. The Morgan fingerprint density at radius 1 is 0.944 bits per heavy atom. The van der Waals surface area contributed by atoms with Crippen molar-refractivity contribution in [3.8, 4) is 0 Å². The molecule has 2 atom stereocenters. The van der Waals surface area contributed by atoms with Crippen LogP contribution < -0.4 is 35.8 Å². The Morgan fingerprint density at radius 3 is 2.14 bits per heavy atom. The van der Waals surface area contributed by atoms with Gasteiger partial charge in [-0.05, 0) is 6.42 Å². The summed E-state index contributed by atoms with van der Waals surface area (Å²) in [6.45, 7) is 0.723. The number of hydrogen-bond donors (Lipinski definition) is 4. The van der Waals surface area contributed by atoms with E-state index in [9.17, 15) is 42.7 Å². The quantitative estimate of drug-likeness (QED) is 0.138. The summed E-state index contributed by atoms with van der Waals surface area (Å²) >= 11 is -0.189. The zero-order valence-corrected chi connectivity index (χ0v) is 21.9. The van der Waals surface area contributed by atoms with Gasteiger partial charge in [0.1, 0.15) is 0 Å². The molecule has 0 saturated carbocycles. The van der Waals surface area contributed by atoms with Crippen LogP contribution in [0.15, 0.2) is 24.3 Å². The summed E-state index contributed by atoms with van der Waals surface area (Å²) in [4.78, 5) is 70.0. The third-order valence-electron chi connectivity index (χ3n) is 4.43. The Morgan fingerprint density at radius 2 is 1.58 bits per heavy atom. The minimum absolute atomic E-state index is 0.0357. The molecule has 0 heterocycles. The van der Waals surface area contributed by atoms with Crippen molar-refractivity contribution in [3.63, 3.8) is 0 Å². The van der Waals surface area contributed by atoms with Crippen LogP contribution in [0.5, 0.6) is 0 Å². The number of thioether (sulfide) groups is 1. The Kier molecular flexibility index (Phi) is 14.0. The second-order valence-corrected chi connectivity index (χ2v) is 9.74. The first-order chi connectivity index (χ1) is 17.0. The third-order valence-corrected chi connectivity index (χ3v) is 6.54. The monoisotopic (exact) mass is 584 g/mol. The van der Waals surface area contributed by atoms with Crippen LogP contribution in [0.3, 0.4) is 0 Å². The number of carboxylic acids is 2. The van der Waals surface area contributed by atoms with E-state index in [0.717, 1.165) is 11.8 Å². The predicted octanol–water partition coefficient (Wildman–Crippen LogP) is -4.19. The minimum Gasteiger partial charge on any atom is -0.548 e. The normalized spacial score (nSPS) is 12.1. The molecule has 0 spiro atoms. The Balaban J connectivity index is 2.66. The first-order valence-electron chi connectivity index (χ1n) is 10.6. The number of carboxylic acid groups (broad SMARTS) is 2. The maximum absolute atomic E-state index is 12.3. The fraction of sp³-hybridized carbons (Fsp3) is 0.429. The number of benzene rings is 1. The molecule has 4 amide bonds. The average Bonchev–Trinajstić information content (AvgIpc) is 2.84. The molecule has 13 nitrogen and oxygen atoms in total. The van der Waals surface area contributed by atoms with Crippen LogP contribution in [0.2, 0.25) is 0 Å². The summed E-state index contributed by atoms with van der Waals surface area (Å²) in [6, 6.07) is 3.76. The predicted molar refractivity (Wildman–Crippen MR) is 125 cm³/mol. The Labute approximate surface area is 217 Å². The van der Waals surface area contributed by atoms with E-state index >= 15 is 0 Å². The summed E-state index contributed by atoms with van der Waals surface area (Å²) in [6.07, 6.45) is -0.636. The SMILES string of the molecule is CCC(=O)NC(CCC(=O)NC(CSCC(=O)Nc1ccc([As]=O)cc1)C(=O)NCC(=O)[O-])C(=O)[O-]. The van der Waals surface area contributed by atoms with Gasteiger partial charge >= 0.3 is 126 Å². The van der Waals surface area contributed by atoms with Crippen molar-refractivity contribution in [2.75, 3.05) is 23.4 Å². The molecular weight excluding hydrogens is 559 g/mol. The number of rotatable bonds is 16. The molecular formula is C21H25AsN4O9S-2.